The number of anilines is 1. The molecule has 3 N–H and O–H groups in total. The van der Waals surface area contributed by atoms with Crippen molar-refractivity contribution in [3.63, 3.8) is 0 Å². The van der Waals surface area contributed by atoms with E-state index in [2.05, 4.69) is 10.2 Å². The van der Waals surface area contributed by atoms with E-state index in [1.54, 1.807) is 11.8 Å². The van der Waals surface area contributed by atoms with Crippen LogP contribution in [-0.4, -0.2) is 59.7 Å². The van der Waals surface area contributed by atoms with E-state index in [0.29, 0.717) is 36.7 Å². The number of aryl methyl sites for hydroxylation is 1. The number of piperazine rings is 1. The van der Waals surface area contributed by atoms with Crippen LogP contribution in [-0.2, 0) is 22.4 Å². The molecule has 2 heterocycles. The Bertz CT molecular complexity index is 707. The molecule has 0 saturated carbocycles. The Hall–Kier alpha value is -1.93. The van der Waals surface area contributed by atoms with Gasteiger partial charge >= 0.3 is 0 Å². The van der Waals surface area contributed by atoms with Crippen LogP contribution in [0.5, 0.6) is 0 Å². The lowest BCUT2D eigenvalue weighted by Gasteiger charge is -2.36. The van der Waals surface area contributed by atoms with Crippen LogP contribution in [0.15, 0.2) is 0 Å². The maximum absolute atomic E-state index is 12.7. The summed E-state index contributed by atoms with van der Waals surface area (Å²) in [6, 6.07) is -0.327. The number of hydrogen-bond donors (Lipinski definition) is 2. The highest BCUT2D eigenvalue weighted by atomic mass is 32.1. The summed E-state index contributed by atoms with van der Waals surface area (Å²) in [7, 11) is 0. The summed E-state index contributed by atoms with van der Waals surface area (Å²) in [5.74, 6) is -0.549. The number of carbonyl (C=O) groups is 3. The second kappa shape index (κ2) is 7.13. The molecule has 25 heavy (non-hydrogen) atoms. The molecule has 1 unspecified atom stereocenters. The van der Waals surface area contributed by atoms with Crippen LogP contribution in [0.1, 0.15) is 41.1 Å². The quantitative estimate of drug-likeness (QED) is 0.827. The molecule has 1 aliphatic heterocycles. The normalized spacial score (nSPS) is 18.7. The second-order valence-corrected chi connectivity index (χ2v) is 7.74. The van der Waals surface area contributed by atoms with E-state index >= 15 is 0 Å². The highest BCUT2D eigenvalue weighted by molar-refractivity contribution is 7.17. The molecule has 0 aromatic carbocycles. The summed E-state index contributed by atoms with van der Waals surface area (Å²) in [4.78, 5) is 40.9. The van der Waals surface area contributed by atoms with Gasteiger partial charge in [-0.05, 0) is 31.7 Å². The third-order valence-electron chi connectivity index (χ3n) is 5.09. The Kier molecular flexibility index (Phi) is 5.10. The van der Waals surface area contributed by atoms with E-state index in [0.717, 1.165) is 29.7 Å². The number of carbonyl (C=O) groups excluding carboxylic acids is 3. The van der Waals surface area contributed by atoms with Gasteiger partial charge in [0.1, 0.15) is 5.00 Å². The van der Waals surface area contributed by atoms with Crippen molar-refractivity contribution in [3.05, 3.63) is 16.0 Å². The van der Waals surface area contributed by atoms with Crippen molar-refractivity contribution in [1.82, 2.24) is 9.80 Å². The average molecular weight is 364 g/mol. The number of nitrogens with zero attached hydrogens (tertiary/aromatic N) is 2. The molecule has 0 radical (unpaired) electrons. The second-order valence-electron chi connectivity index (χ2n) is 6.63. The maximum Gasteiger partial charge on any atom is 0.251 e. The number of thiophene rings is 1. The number of nitrogens with two attached hydrogens (primary N) is 1. The fourth-order valence-electron chi connectivity index (χ4n) is 3.56. The number of nitrogens with one attached hydrogen (secondary N) is 1. The van der Waals surface area contributed by atoms with E-state index in [-0.39, 0.29) is 17.9 Å². The monoisotopic (exact) mass is 364 g/mol. The van der Waals surface area contributed by atoms with Crippen LogP contribution in [0.25, 0.3) is 0 Å². The molecule has 1 saturated heterocycles. The summed E-state index contributed by atoms with van der Waals surface area (Å²) >= 11 is 1.47. The van der Waals surface area contributed by atoms with Gasteiger partial charge < -0.3 is 16.0 Å². The highest BCUT2D eigenvalue weighted by Gasteiger charge is 2.30. The average Bonchev–Trinajstić information content (AvgIpc) is 3.14. The molecular formula is C17H24N4O3S. The molecule has 3 amide bonds. The molecule has 1 aromatic heterocycles. The van der Waals surface area contributed by atoms with Gasteiger partial charge in [0.05, 0.1) is 11.6 Å². The Morgan fingerprint density at radius 3 is 2.44 bits per heavy atom. The van der Waals surface area contributed by atoms with E-state index < -0.39 is 5.91 Å². The minimum Gasteiger partial charge on any atom is -0.365 e. The lowest BCUT2D eigenvalue weighted by atomic mass is 10.1. The number of amides is 3. The smallest absolute Gasteiger partial charge is 0.251 e. The van der Waals surface area contributed by atoms with Crippen molar-refractivity contribution in [1.29, 1.82) is 0 Å². The summed E-state index contributed by atoms with van der Waals surface area (Å²) in [6.07, 6.45) is 2.83. The number of hydrogen-bond acceptors (Lipinski definition) is 5. The predicted molar refractivity (Wildman–Crippen MR) is 96.8 cm³/mol. The summed E-state index contributed by atoms with van der Waals surface area (Å²) in [5.41, 5.74) is 7.03. The first kappa shape index (κ1) is 17.9. The minimum absolute atomic E-state index is 0.0657. The molecule has 1 fully saturated rings. The van der Waals surface area contributed by atoms with Crippen molar-refractivity contribution in [2.24, 2.45) is 5.73 Å². The van der Waals surface area contributed by atoms with Crippen molar-refractivity contribution in [2.75, 3.05) is 31.5 Å². The third kappa shape index (κ3) is 3.55. The van der Waals surface area contributed by atoms with Crippen LogP contribution >= 0.6 is 11.3 Å². The number of primary amides is 1. The van der Waals surface area contributed by atoms with Gasteiger partial charge in [-0.2, -0.15) is 0 Å². The van der Waals surface area contributed by atoms with Crippen LogP contribution in [0, 0.1) is 0 Å². The van der Waals surface area contributed by atoms with Crippen LogP contribution in [0.2, 0.25) is 0 Å². The molecule has 1 atom stereocenters. The van der Waals surface area contributed by atoms with Crippen LogP contribution < -0.4 is 11.1 Å². The van der Waals surface area contributed by atoms with Crippen molar-refractivity contribution >= 4 is 34.1 Å². The molecule has 136 valence electrons. The largest absolute Gasteiger partial charge is 0.365 e. The first-order valence-corrected chi connectivity index (χ1v) is 9.45. The van der Waals surface area contributed by atoms with E-state index in [4.69, 9.17) is 5.73 Å². The van der Waals surface area contributed by atoms with Gasteiger partial charge in [-0.25, -0.2) is 0 Å². The van der Waals surface area contributed by atoms with Gasteiger partial charge in [-0.15, -0.1) is 11.3 Å². The molecule has 8 heteroatoms. The molecule has 3 rings (SSSR count). The van der Waals surface area contributed by atoms with Crippen molar-refractivity contribution in [3.8, 4) is 0 Å². The lowest BCUT2D eigenvalue weighted by molar-refractivity contribution is -0.131. The van der Waals surface area contributed by atoms with E-state index in [1.165, 1.54) is 11.3 Å². The van der Waals surface area contributed by atoms with Crippen molar-refractivity contribution < 1.29 is 14.4 Å². The van der Waals surface area contributed by atoms with Gasteiger partial charge in [0.15, 0.2) is 0 Å². The third-order valence-corrected chi connectivity index (χ3v) is 6.30. The molecular weight excluding hydrogens is 340 g/mol. The highest BCUT2D eigenvalue weighted by Crippen LogP contribution is 2.38. The zero-order valence-corrected chi connectivity index (χ0v) is 15.4. The van der Waals surface area contributed by atoms with Gasteiger partial charge in [-0.1, -0.05) is 0 Å². The summed E-state index contributed by atoms with van der Waals surface area (Å²) in [6.45, 7) is 6.01. The molecule has 7 nitrogen and oxygen atoms in total. The zero-order valence-electron chi connectivity index (χ0n) is 14.6. The van der Waals surface area contributed by atoms with Gasteiger partial charge in [0.25, 0.3) is 5.91 Å². The van der Waals surface area contributed by atoms with Gasteiger partial charge in [0, 0.05) is 38.0 Å². The Morgan fingerprint density at radius 2 is 1.84 bits per heavy atom. The molecule has 0 bridgehead atoms. The SMILES string of the molecule is CC(=O)N1CCN(C(C)C(=O)Nc2sc3c(c2C(N)=O)CCC3)CC1. The Morgan fingerprint density at radius 1 is 1.16 bits per heavy atom. The van der Waals surface area contributed by atoms with Crippen LogP contribution in [0.4, 0.5) is 5.00 Å². The fraction of sp³-hybridized carbons (Fsp3) is 0.588. The van der Waals surface area contributed by atoms with Gasteiger partial charge in [0.2, 0.25) is 11.8 Å². The Labute approximate surface area is 151 Å². The van der Waals surface area contributed by atoms with Gasteiger partial charge in [-0.3, -0.25) is 19.3 Å². The zero-order chi connectivity index (χ0) is 18.1. The molecule has 1 aliphatic carbocycles. The van der Waals surface area contributed by atoms with Crippen molar-refractivity contribution in [2.45, 2.75) is 39.2 Å². The molecule has 2 aliphatic rings. The number of fused-ring (bicyclic) bond motifs is 1. The molecule has 1 aromatic rings. The minimum atomic E-state index is -0.475. The fourth-order valence-corrected chi connectivity index (χ4v) is 4.86. The first-order chi connectivity index (χ1) is 11.9. The first-order valence-electron chi connectivity index (χ1n) is 8.63. The number of rotatable bonds is 4. The molecule has 0 spiro atoms. The Balaban J connectivity index is 1.67. The summed E-state index contributed by atoms with van der Waals surface area (Å²) in [5, 5.41) is 3.49. The standard InChI is InChI=1S/C17H24N4O3S/c1-10(20-6-8-21(9-7-20)11(2)22)16(24)19-17-14(15(18)23)12-4-3-5-13(12)25-17/h10H,3-9H2,1-2H3,(H2,18,23)(H,19,24). The predicted octanol–water partition coefficient (Wildman–Crippen LogP) is 0.827. The van der Waals surface area contributed by atoms with E-state index in [1.807, 2.05) is 6.92 Å². The lowest BCUT2D eigenvalue weighted by Crippen LogP contribution is -2.53. The topological polar surface area (TPSA) is 95.7 Å². The van der Waals surface area contributed by atoms with Crippen LogP contribution in [0.3, 0.4) is 0 Å². The summed E-state index contributed by atoms with van der Waals surface area (Å²) < 4.78 is 0. The van der Waals surface area contributed by atoms with E-state index in [9.17, 15) is 14.4 Å². The maximum atomic E-state index is 12.7.